The fourth-order valence-corrected chi connectivity index (χ4v) is 2.55. The predicted molar refractivity (Wildman–Crippen MR) is 99.3 cm³/mol. The Morgan fingerprint density at radius 3 is 2.78 bits per heavy atom. The van der Waals surface area contributed by atoms with E-state index in [1.807, 2.05) is 37.4 Å². The van der Waals surface area contributed by atoms with Gasteiger partial charge in [-0.3, -0.25) is 15.0 Å². The highest BCUT2D eigenvalue weighted by Gasteiger charge is 2.13. The molecular weight excluding hydrogens is 348 g/mol. The third-order valence-electron chi connectivity index (χ3n) is 3.88. The number of benzene rings is 2. The molecule has 2 aromatic carbocycles. The van der Waals surface area contributed by atoms with Gasteiger partial charge in [0, 0.05) is 24.2 Å². The summed E-state index contributed by atoms with van der Waals surface area (Å²) < 4.78 is 10.9. The number of rotatable bonds is 9. The molecule has 0 saturated carbocycles. The predicted octanol–water partition coefficient (Wildman–Crippen LogP) is 3.55. The zero-order valence-corrected chi connectivity index (χ0v) is 14.9. The molecule has 0 spiro atoms. The molecule has 0 atom stereocenters. The third-order valence-corrected chi connectivity index (χ3v) is 3.88. The van der Waals surface area contributed by atoms with Gasteiger partial charge in [-0.05, 0) is 25.6 Å². The van der Waals surface area contributed by atoms with Crippen molar-refractivity contribution in [1.29, 1.82) is 0 Å². The highest BCUT2D eigenvalue weighted by atomic mass is 16.6. The van der Waals surface area contributed by atoms with E-state index < -0.39 is 4.92 Å². The standard InChI is InChI=1S/C19H20N4O4/c1-22(11-6-12-26-17-9-3-2-4-10-17)14-18-20-19(21-27-18)15-7-5-8-16(13-15)23(24)25/h2-5,7-10,13H,6,11-12,14H2,1H3. The minimum Gasteiger partial charge on any atom is -0.494 e. The maximum Gasteiger partial charge on any atom is 0.270 e. The first-order valence-corrected chi connectivity index (χ1v) is 8.55. The lowest BCUT2D eigenvalue weighted by molar-refractivity contribution is -0.384. The van der Waals surface area contributed by atoms with Gasteiger partial charge in [0.15, 0.2) is 0 Å². The van der Waals surface area contributed by atoms with E-state index in [0.717, 1.165) is 18.7 Å². The monoisotopic (exact) mass is 368 g/mol. The quantitative estimate of drug-likeness (QED) is 0.324. The Kier molecular flexibility index (Phi) is 6.11. The van der Waals surface area contributed by atoms with Crippen LogP contribution in [0.4, 0.5) is 5.69 Å². The minimum atomic E-state index is -0.449. The Bertz CT molecular complexity index is 882. The van der Waals surface area contributed by atoms with Crippen LogP contribution in [-0.2, 0) is 6.54 Å². The number of hydrogen-bond acceptors (Lipinski definition) is 7. The second-order valence-corrected chi connectivity index (χ2v) is 6.07. The molecule has 0 unspecified atom stereocenters. The van der Waals surface area contributed by atoms with Gasteiger partial charge in [0.2, 0.25) is 11.7 Å². The zero-order valence-electron chi connectivity index (χ0n) is 14.9. The first-order chi connectivity index (χ1) is 13.1. The first-order valence-electron chi connectivity index (χ1n) is 8.55. The van der Waals surface area contributed by atoms with Gasteiger partial charge < -0.3 is 9.26 Å². The smallest absolute Gasteiger partial charge is 0.270 e. The van der Waals surface area contributed by atoms with Crippen molar-refractivity contribution >= 4 is 5.69 Å². The molecule has 0 aliphatic heterocycles. The summed E-state index contributed by atoms with van der Waals surface area (Å²) in [5, 5.41) is 14.8. The number of nitro groups is 1. The molecule has 0 radical (unpaired) electrons. The molecule has 1 aromatic heterocycles. The number of para-hydroxylation sites is 1. The molecule has 0 aliphatic carbocycles. The largest absolute Gasteiger partial charge is 0.494 e. The van der Waals surface area contributed by atoms with E-state index in [2.05, 4.69) is 15.0 Å². The van der Waals surface area contributed by atoms with Gasteiger partial charge in [-0.15, -0.1) is 0 Å². The van der Waals surface area contributed by atoms with Crippen LogP contribution in [0.2, 0.25) is 0 Å². The lowest BCUT2D eigenvalue weighted by atomic mass is 10.2. The molecule has 1 heterocycles. The topological polar surface area (TPSA) is 94.5 Å². The lowest BCUT2D eigenvalue weighted by Crippen LogP contribution is -2.21. The molecule has 0 fully saturated rings. The summed E-state index contributed by atoms with van der Waals surface area (Å²) in [5.41, 5.74) is 0.549. The van der Waals surface area contributed by atoms with E-state index in [4.69, 9.17) is 9.26 Å². The van der Waals surface area contributed by atoms with Crippen molar-refractivity contribution in [2.75, 3.05) is 20.2 Å². The highest BCUT2D eigenvalue weighted by molar-refractivity contribution is 5.58. The van der Waals surface area contributed by atoms with Crippen LogP contribution in [0.25, 0.3) is 11.4 Å². The lowest BCUT2D eigenvalue weighted by Gasteiger charge is -2.14. The Hall–Kier alpha value is -3.26. The Labute approximate surface area is 156 Å². The van der Waals surface area contributed by atoms with E-state index in [1.165, 1.54) is 12.1 Å². The van der Waals surface area contributed by atoms with Crippen LogP contribution in [0.15, 0.2) is 59.1 Å². The van der Waals surface area contributed by atoms with E-state index >= 15 is 0 Å². The fourth-order valence-electron chi connectivity index (χ4n) is 2.55. The molecule has 140 valence electrons. The summed E-state index contributed by atoms with van der Waals surface area (Å²) in [6.45, 7) is 1.92. The maximum absolute atomic E-state index is 10.9. The molecule has 3 aromatic rings. The van der Waals surface area contributed by atoms with Crippen molar-refractivity contribution in [2.24, 2.45) is 0 Å². The van der Waals surface area contributed by atoms with E-state index in [0.29, 0.717) is 30.4 Å². The molecule has 0 saturated heterocycles. The number of non-ortho nitro benzene ring substituents is 1. The van der Waals surface area contributed by atoms with Gasteiger partial charge in [-0.1, -0.05) is 35.5 Å². The Balaban J connectivity index is 1.48. The molecule has 0 aliphatic rings. The SMILES string of the molecule is CN(CCCOc1ccccc1)Cc1nc(-c2cccc([N+](=O)[O-])c2)no1. The number of ether oxygens (including phenoxy) is 1. The van der Waals surface area contributed by atoms with Crippen molar-refractivity contribution in [2.45, 2.75) is 13.0 Å². The van der Waals surface area contributed by atoms with Crippen molar-refractivity contribution in [3.8, 4) is 17.1 Å². The molecule has 0 bridgehead atoms. The Morgan fingerprint density at radius 2 is 2.00 bits per heavy atom. The van der Waals surface area contributed by atoms with Gasteiger partial charge >= 0.3 is 0 Å². The average molecular weight is 368 g/mol. The van der Waals surface area contributed by atoms with Crippen molar-refractivity contribution in [3.05, 3.63) is 70.6 Å². The van der Waals surface area contributed by atoms with Gasteiger partial charge in [-0.25, -0.2) is 0 Å². The van der Waals surface area contributed by atoms with Crippen LogP contribution in [0.5, 0.6) is 5.75 Å². The van der Waals surface area contributed by atoms with Crippen LogP contribution in [-0.4, -0.2) is 40.2 Å². The first kappa shape index (κ1) is 18.5. The van der Waals surface area contributed by atoms with Crippen LogP contribution >= 0.6 is 0 Å². The van der Waals surface area contributed by atoms with Gasteiger partial charge in [-0.2, -0.15) is 4.98 Å². The van der Waals surface area contributed by atoms with Crippen molar-refractivity contribution in [1.82, 2.24) is 15.0 Å². The Morgan fingerprint density at radius 1 is 1.19 bits per heavy atom. The molecule has 3 rings (SSSR count). The zero-order chi connectivity index (χ0) is 19.1. The van der Waals surface area contributed by atoms with Crippen LogP contribution < -0.4 is 4.74 Å². The van der Waals surface area contributed by atoms with Crippen molar-refractivity contribution < 1.29 is 14.2 Å². The summed E-state index contributed by atoms with van der Waals surface area (Å²) in [5.74, 6) is 1.66. The average Bonchev–Trinajstić information content (AvgIpc) is 3.14. The summed E-state index contributed by atoms with van der Waals surface area (Å²) in [7, 11) is 1.96. The molecule has 8 nitrogen and oxygen atoms in total. The maximum atomic E-state index is 10.9. The second kappa shape index (κ2) is 8.91. The van der Waals surface area contributed by atoms with Gasteiger partial charge in [0.05, 0.1) is 18.1 Å². The summed E-state index contributed by atoms with van der Waals surface area (Å²) >= 11 is 0. The van der Waals surface area contributed by atoms with Crippen LogP contribution in [0, 0.1) is 10.1 Å². The van der Waals surface area contributed by atoms with Gasteiger partial charge in [0.1, 0.15) is 5.75 Å². The summed E-state index contributed by atoms with van der Waals surface area (Å²) in [4.78, 5) is 16.8. The van der Waals surface area contributed by atoms with E-state index in [1.54, 1.807) is 12.1 Å². The molecular formula is C19H20N4O4. The summed E-state index contributed by atoms with van der Waals surface area (Å²) in [6.07, 6.45) is 0.858. The number of aromatic nitrogens is 2. The number of nitrogens with zero attached hydrogens (tertiary/aromatic N) is 4. The normalized spacial score (nSPS) is 10.9. The fraction of sp³-hybridized carbons (Fsp3) is 0.263. The highest BCUT2D eigenvalue weighted by Crippen LogP contribution is 2.21. The summed E-state index contributed by atoms with van der Waals surface area (Å²) in [6, 6.07) is 15.9. The van der Waals surface area contributed by atoms with Crippen LogP contribution in [0.1, 0.15) is 12.3 Å². The number of hydrogen-bond donors (Lipinski definition) is 0. The molecule has 8 heteroatoms. The van der Waals surface area contributed by atoms with Crippen molar-refractivity contribution in [3.63, 3.8) is 0 Å². The number of nitro benzene ring substituents is 1. The van der Waals surface area contributed by atoms with Crippen LogP contribution in [0.3, 0.4) is 0 Å². The van der Waals surface area contributed by atoms with E-state index in [-0.39, 0.29) is 5.69 Å². The van der Waals surface area contributed by atoms with E-state index in [9.17, 15) is 10.1 Å². The third kappa shape index (κ3) is 5.35. The second-order valence-electron chi connectivity index (χ2n) is 6.07. The molecule has 27 heavy (non-hydrogen) atoms. The van der Waals surface area contributed by atoms with Gasteiger partial charge in [0.25, 0.3) is 5.69 Å². The molecule has 0 N–H and O–H groups in total. The molecule has 0 amide bonds. The minimum absolute atomic E-state index is 0.00520.